The van der Waals surface area contributed by atoms with Crippen molar-refractivity contribution in [2.75, 3.05) is 13.6 Å². The quantitative estimate of drug-likeness (QED) is 0.846. The summed E-state index contributed by atoms with van der Waals surface area (Å²) in [6.07, 6.45) is 5.25. The van der Waals surface area contributed by atoms with E-state index in [1.54, 1.807) is 11.3 Å². The van der Waals surface area contributed by atoms with Gasteiger partial charge in [0.2, 0.25) is 0 Å². The van der Waals surface area contributed by atoms with Crippen molar-refractivity contribution in [1.82, 2.24) is 9.88 Å². The monoisotopic (exact) mass is 288 g/mol. The molecule has 1 aromatic rings. The van der Waals surface area contributed by atoms with Crippen LogP contribution in [0.5, 0.6) is 0 Å². The molecule has 2 atom stereocenters. The minimum absolute atomic E-state index is 0.154. The first-order chi connectivity index (χ1) is 8.70. The molecule has 1 fully saturated rings. The lowest BCUT2D eigenvalue weighted by atomic mass is 9.91. The van der Waals surface area contributed by atoms with Crippen LogP contribution in [-0.2, 0) is 12.3 Å². The van der Waals surface area contributed by atoms with Crippen molar-refractivity contribution in [3.05, 3.63) is 16.1 Å². The van der Waals surface area contributed by atoms with E-state index >= 15 is 0 Å². The lowest BCUT2D eigenvalue weighted by molar-refractivity contribution is 0.0327. The summed E-state index contributed by atoms with van der Waals surface area (Å²) in [4.78, 5) is 6.75. The molecular weight excluding hydrogens is 268 g/mol. The summed E-state index contributed by atoms with van der Waals surface area (Å²) in [6, 6.07) is 0.325. The molecule has 0 aliphatic heterocycles. The molecule has 1 aliphatic carbocycles. The fourth-order valence-electron chi connectivity index (χ4n) is 2.57. The number of aliphatic hydroxyl groups excluding tert-OH is 1. The molecule has 0 spiro atoms. The van der Waals surface area contributed by atoms with Gasteiger partial charge in [-0.05, 0) is 19.9 Å². The van der Waals surface area contributed by atoms with E-state index in [2.05, 4.69) is 16.9 Å². The zero-order chi connectivity index (χ0) is 13.0. The number of aliphatic hydroxyl groups is 1. The Morgan fingerprint density at radius 3 is 2.94 bits per heavy atom. The minimum atomic E-state index is -0.154. The van der Waals surface area contributed by atoms with Gasteiger partial charge >= 0.3 is 0 Å². The molecule has 1 N–H and O–H groups in total. The van der Waals surface area contributed by atoms with Gasteiger partial charge in [-0.15, -0.1) is 22.9 Å². The van der Waals surface area contributed by atoms with Gasteiger partial charge in [-0.3, -0.25) is 0 Å². The van der Waals surface area contributed by atoms with Gasteiger partial charge in [0.05, 0.1) is 22.7 Å². The van der Waals surface area contributed by atoms with Crippen LogP contribution in [0.1, 0.15) is 36.4 Å². The minimum Gasteiger partial charge on any atom is -0.391 e. The number of nitrogens with zero attached hydrogens (tertiary/aromatic N) is 2. The standard InChI is InChI=1S/C13H21ClN2OS/c1-16(11-4-2-3-5-12(11)17)7-6-13-15-10(8-14)9-18-13/h9,11-12,17H,2-8H2,1H3. The first kappa shape index (κ1) is 14.3. The molecule has 102 valence electrons. The molecule has 1 heterocycles. The van der Waals surface area contributed by atoms with Gasteiger partial charge in [0.25, 0.3) is 0 Å². The first-order valence-electron chi connectivity index (χ1n) is 6.58. The number of thiazole rings is 1. The maximum absolute atomic E-state index is 10.0. The van der Waals surface area contributed by atoms with E-state index in [9.17, 15) is 5.11 Å². The van der Waals surface area contributed by atoms with Crippen LogP contribution in [0.3, 0.4) is 0 Å². The highest BCUT2D eigenvalue weighted by Gasteiger charge is 2.26. The van der Waals surface area contributed by atoms with Crippen molar-refractivity contribution in [3.8, 4) is 0 Å². The fourth-order valence-corrected chi connectivity index (χ4v) is 3.58. The number of hydrogen-bond acceptors (Lipinski definition) is 4. The highest BCUT2D eigenvalue weighted by atomic mass is 35.5. The molecule has 0 aromatic carbocycles. The Morgan fingerprint density at radius 1 is 1.50 bits per heavy atom. The molecule has 1 aliphatic rings. The zero-order valence-electron chi connectivity index (χ0n) is 10.8. The summed E-state index contributed by atoms with van der Waals surface area (Å²) in [6.45, 7) is 0.955. The van der Waals surface area contributed by atoms with Crippen molar-refractivity contribution < 1.29 is 5.11 Å². The van der Waals surface area contributed by atoms with Gasteiger partial charge in [0.1, 0.15) is 0 Å². The molecule has 2 unspecified atom stereocenters. The molecule has 18 heavy (non-hydrogen) atoms. The summed E-state index contributed by atoms with van der Waals surface area (Å²) in [5, 5.41) is 13.2. The zero-order valence-corrected chi connectivity index (χ0v) is 12.4. The molecule has 2 rings (SSSR count). The lowest BCUT2D eigenvalue weighted by Gasteiger charge is -2.35. The van der Waals surface area contributed by atoms with Gasteiger partial charge in [-0.25, -0.2) is 4.98 Å². The SMILES string of the molecule is CN(CCc1nc(CCl)cs1)C1CCCCC1O. The van der Waals surface area contributed by atoms with E-state index in [1.165, 1.54) is 6.42 Å². The first-order valence-corrected chi connectivity index (χ1v) is 7.99. The van der Waals surface area contributed by atoms with Crippen molar-refractivity contribution in [1.29, 1.82) is 0 Å². The van der Waals surface area contributed by atoms with Gasteiger partial charge in [0.15, 0.2) is 0 Å². The Kier molecular flexibility index (Phi) is 5.42. The number of halogens is 1. The third kappa shape index (κ3) is 3.67. The van der Waals surface area contributed by atoms with Crippen molar-refractivity contribution >= 4 is 22.9 Å². The normalized spacial score (nSPS) is 24.7. The third-order valence-corrected chi connectivity index (χ3v) is 4.91. The average Bonchev–Trinajstić information content (AvgIpc) is 2.84. The molecule has 0 amide bonds. The smallest absolute Gasteiger partial charge is 0.0941 e. The highest BCUT2D eigenvalue weighted by molar-refractivity contribution is 7.09. The number of likely N-dealkylation sites (N-methyl/N-ethyl adjacent to an activating group) is 1. The van der Waals surface area contributed by atoms with E-state index in [0.29, 0.717) is 11.9 Å². The van der Waals surface area contributed by atoms with Gasteiger partial charge in [0, 0.05) is 24.4 Å². The molecule has 3 nitrogen and oxygen atoms in total. The van der Waals surface area contributed by atoms with Crippen LogP contribution < -0.4 is 0 Å². The van der Waals surface area contributed by atoms with E-state index in [0.717, 1.165) is 42.9 Å². The topological polar surface area (TPSA) is 36.4 Å². The second kappa shape index (κ2) is 6.85. The van der Waals surface area contributed by atoms with Crippen LogP contribution in [0.2, 0.25) is 0 Å². The number of rotatable bonds is 5. The molecule has 5 heteroatoms. The maximum Gasteiger partial charge on any atom is 0.0941 e. The largest absolute Gasteiger partial charge is 0.391 e. The van der Waals surface area contributed by atoms with E-state index in [4.69, 9.17) is 11.6 Å². The Hall–Kier alpha value is -0.160. The van der Waals surface area contributed by atoms with Gasteiger partial charge in [-0.1, -0.05) is 12.8 Å². The number of hydrogen-bond donors (Lipinski definition) is 1. The van der Waals surface area contributed by atoms with Gasteiger partial charge in [-0.2, -0.15) is 0 Å². The Morgan fingerprint density at radius 2 is 2.28 bits per heavy atom. The Balaban J connectivity index is 1.81. The summed E-state index contributed by atoms with van der Waals surface area (Å²) in [5.74, 6) is 0.494. The van der Waals surface area contributed by atoms with Crippen LogP contribution in [0.25, 0.3) is 0 Å². The fraction of sp³-hybridized carbons (Fsp3) is 0.769. The predicted molar refractivity (Wildman–Crippen MR) is 76.3 cm³/mol. The summed E-state index contributed by atoms with van der Waals surface area (Å²) < 4.78 is 0. The second-order valence-corrected chi connectivity index (χ2v) is 6.23. The third-order valence-electron chi connectivity index (χ3n) is 3.67. The second-order valence-electron chi connectivity index (χ2n) is 5.02. The van der Waals surface area contributed by atoms with Crippen LogP contribution in [0, 0.1) is 0 Å². The van der Waals surface area contributed by atoms with E-state index in [1.807, 2.05) is 5.38 Å². The summed E-state index contributed by atoms with van der Waals surface area (Å²) in [7, 11) is 2.11. The molecular formula is C13H21ClN2OS. The molecule has 0 saturated heterocycles. The molecule has 0 bridgehead atoms. The van der Waals surface area contributed by atoms with Crippen molar-refractivity contribution in [3.63, 3.8) is 0 Å². The number of alkyl halides is 1. The maximum atomic E-state index is 10.0. The van der Waals surface area contributed by atoms with E-state index in [-0.39, 0.29) is 6.10 Å². The van der Waals surface area contributed by atoms with Crippen molar-refractivity contribution in [2.24, 2.45) is 0 Å². The summed E-state index contributed by atoms with van der Waals surface area (Å²) in [5.41, 5.74) is 0.969. The molecule has 1 aromatic heterocycles. The van der Waals surface area contributed by atoms with Crippen LogP contribution in [0.4, 0.5) is 0 Å². The molecule has 1 saturated carbocycles. The van der Waals surface area contributed by atoms with E-state index < -0.39 is 0 Å². The lowest BCUT2D eigenvalue weighted by Crippen LogP contribution is -2.44. The average molecular weight is 289 g/mol. The molecule has 0 radical (unpaired) electrons. The Labute approximate surface area is 118 Å². The van der Waals surface area contributed by atoms with Crippen LogP contribution in [0.15, 0.2) is 5.38 Å². The highest BCUT2D eigenvalue weighted by Crippen LogP contribution is 2.22. The van der Waals surface area contributed by atoms with Crippen LogP contribution >= 0.6 is 22.9 Å². The number of aromatic nitrogens is 1. The summed E-state index contributed by atoms with van der Waals surface area (Å²) >= 11 is 7.42. The Bertz CT molecular complexity index is 372. The van der Waals surface area contributed by atoms with Crippen molar-refractivity contribution in [2.45, 2.75) is 50.1 Å². The van der Waals surface area contributed by atoms with Gasteiger partial charge < -0.3 is 10.0 Å². The van der Waals surface area contributed by atoms with Crippen LogP contribution in [-0.4, -0.2) is 40.7 Å². The predicted octanol–water partition coefficient (Wildman–Crippen LogP) is 2.66.